The number of thiophene rings is 2. The fourth-order valence-electron chi connectivity index (χ4n) is 9.09. The van der Waals surface area contributed by atoms with Crippen LogP contribution in [0.1, 0.15) is 23.7 Å². The van der Waals surface area contributed by atoms with Crippen molar-refractivity contribution in [3.63, 3.8) is 0 Å². The molecule has 3 atom stereocenters. The van der Waals surface area contributed by atoms with Gasteiger partial charge in [-0.05, 0) is 64.7 Å². The van der Waals surface area contributed by atoms with Crippen LogP contribution in [0.2, 0.25) is 0 Å². The van der Waals surface area contributed by atoms with Gasteiger partial charge in [0, 0.05) is 62.7 Å². The van der Waals surface area contributed by atoms with Gasteiger partial charge in [0.15, 0.2) is 0 Å². The molecule has 3 aromatic heterocycles. The van der Waals surface area contributed by atoms with Crippen molar-refractivity contribution in [1.29, 1.82) is 0 Å². The van der Waals surface area contributed by atoms with E-state index < -0.39 is 0 Å². The summed E-state index contributed by atoms with van der Waals surface area (Å²) < 4.78 is 7.73. The summed E-state index contributed by atoms with van der Waals surface area (Å²) in [7, 11) is 0. The van der Waals surface area contributed by atoms with Crippen molar-refractivity contribution < 1.29 is 0 Å². The molecule has 272 valence electrons. The number of nitrogens with zero attached hydrogens (tertiary/aromatic N) is 2. The van der Waals surface area contributed by atoms with Gasteiger partial charge < -0.3 is 9.88 Å². The molecule has 12 rings (SSSR count). The van der Waals surface area contributed by atoms with E-state index in [2.05, 4.69) is 191 Å². The van der Waals surface area contributed by atoms with Crippen LogP contribution in [-0.2, 0) is 0 Å². The van der Waals surface area contributed by atoms with E-state index in [4.69, 9.17) is 4.99 Å². The first-order valence-electron chi connectivity index (χ1n) is 19.6. The Labute approximate surface area is 337 Å². The van der Waals surface area contributed by atoms with E-state index in [0.29, 0.717) is 0 Å². The van der Waals surface area contributed by atoms with Gasteiger partial charge in [-0.3, -0.25) is 5.32 Å². The van der Waals surface area contributed by atoms with E-state index in [1.54, 1.807) is 0 Å². The first-order chi connectivity index (χ1) is 28.2. The average Bonchev–Trinajstić information content (AvgIpc) is 3.95. The number of para-hydroxylation sites is 2. The van der Waals surface area contributed by atoms with Crippen molar-refractivity contribution in [1.82, 2.24) is 15.2 Å². The minimum Gasteiger partial charge on any atom is -0.350 e. The van der Waals surface area contributed by atoms with Gasteiger partial charge in [-0.1, -0.05) is 140 Å². The number of benzene rings is 7. The summed E-state index contributed by atoms with van der Waals surface area (Å²) in [5.74, 6) is 1.14. The van der Waals surface area contributed by atoms with Crippen LogP contribution in [0.5, 0.6) is 0 Å². The van der Waals surface area contributed by atoms with Crippen LogP contribution < -0.4 is 20.4 Å². The first-order valence-corrected chi connectivity index (χ1v) is 21.3. The average molecular weight is 769 g/mol. The van der Waals surface area contributed by atoms with E-state index in [1.165, 1.54) is 84.2 Å². The zero-order valence-electron chi connectivity index (χ0n) is 30.9. The summed E-state index contributed by atoms with van der Waals surface area (Å²) >= 11 is 3.80. The molecule has 0 amide bonds. The van der Waals surface area contributed by atoms with Gasteiger partial charge in [0.05, 0.1) is 11.0 Å². The second kappa shape index (κ2) is 13.1. The van der Waals surface area contributed by atoms with E-state index in [0.717, 1.165) is 17.8 Å². The van der Waals surface area contributed by atoms with Gasteiger partial charge in [0.2, 0.25) is 0 Å². The van der Waals surface area contributed by atoms with Crippen molar-refractivity contribution >= 4 is 92.7 Å². The Morgan fingerprint density at radius 3 is 2.12 bits per heavy atom. The van der Waals surface area contributed by atoms with Crippen molar-refractivity contribution in [3.05, 3.63) is 185 Å². The van der Waals surface area contributed by atoms with Crippen molar-refractivity contribution in [3.8, 4) is 16.8 Å². The Hall–Kier alpha value is -6.31. The normalized spacial score (nSPS) is 18.0. The van der Waals surface area contributed by atoms with E-state index in [9.17, 15) is 0 Å². The molecule has 57 heavy (non-hydrogen) atoms. The van der Waals surface area contributed by atoms with Crippen LogP contribution in [0.25, 0.3) is 81.0 Å². The van der Waals surface area contributed by atoms with Gasteiger partial charge in [0.25, 0.3) is 0 Å². The Bertz CT molecular complexity index is 3300. The molecule has 0 saturated heterocycles. The van der Waals surface area contributed by atoms with Gasteiger partial charge in [0.1, 0.15) is 18.2 Å². The summed E-state index contributed by atoms with van der Waals surface area (Å²) in [6, 6.07) is 59.5. The lowest BCUT2D eigenvalue weighted by Crippen LogP contribution is -2.51. The van der Waals surface area contributed by atoms with Crippen molar-refractivity contribution in [2.75, 3.05) is 0 Å². The van der Waals surface area contributed by atoms with E-state index in [1.807, 2.05) is 22.7 Å². The number of aliphatic imine (C=N–C) groups is 1. The number of hydrogen-bond donors (Lipinski definition) is 2. The summed E-state index contributed by atoms with van der Waals surface area (Å²) in [6.07, 6.45) is 5.75. The molecule has 4 heterocycles. The standard InChI is InChI=1S/C51H36N4S2/c1-3-12-31(13-4-1)49-52-50(32-14-5-2-6-15-32)54-51(53-49)34-23-27-46-42(29-34)41-28-33(22-26-45(41)56-46)36-18-11-19-40-39-25-24-35(30-47(39)57-48(36)40)55-43-20-9-7-16-37(43)38-17-8-10-21-44(38)55/h1-22,24-30,34,49,51,53H,23H2,(H,52,54). The van der Waals surface area contributed by atoms with Crippen LogP contribution in [0.3, 0.4) is 0 Å². The molecule has 6 heteroatoms. The van der Waals surface area contributed by atoms with Crippen LogP contribution in [0, 0.1) is 5.92 Å². The Morgan fingerprint density at radius 2 is 1.32 bits per heavy atom. The molecule has 1 aliphatic carbocycles. The van der Waals surface area contributed by atoms with Gasteiger partial charge >= 0.3 is 0 Å². The Balaban J connectivity index is 0.948. The number of aromatic nitrogens is 1. The van der Waals surface area contributed by atoms with Crippen LogP contribution >= 0.6 is 22.7 Å². The zero-order valence-corrected chi connectivity index (χ0v) is 32.5. The van der Waals surface area contributed by atoms with E-state index in [-0.39, 0.29) is 18.2 Å². The molecule has 2 N–H and O–H groups in total. The number of amidine groups is 1. The lowest BCUT2D eigenvalue weighted by molar-refractivity contribution is 0.351. The minimum atomic E-state index is -0.0751. The highest BCUT2D eigenvalue weighted by atomic mass is 32.1. The fourth-order valence-corrected chi connectivity index (χ4v) is 11.5. The van der Waals surface area contributed by atoms with Gasteiger partial charge in [-0.2, -0.15) is 0 Å². The predicted molar refractivity (Wildman–Crippen MR) is 243 cm³/mol. The number of rotatable bonds is 5. The number of hydrogen-bond acceptors (Lipinski definition) is 5. The summed E-state index contributed by atoms with van der Waals surface area (Å²) in [6.45, 7) is 0. The molecule has 0 fully saturated rings. The predicted octanol–water partition coefficient (Wildman–Crippen LogP) is 11.3. The second-order valence-electron chi connectivity index (χ2n) is 15.1. The lowest BCUT2D eigenvalue weighted by Gasteiger charge is -2.35. The highest BCUT2D eigenvalue weighted by Gasteiger charge is 2.29. The fraction of sp³-hybridized carbons (Fsp3) is 0.0784. The third-order valence-corrected chi connectivity index (χ3v) is 14.2. The highest BCUT2D eigenvalue weighted by Crippen LogP contribution is 2.42. The Morgan fingerprint density at radius 1 is 0.579 bits per heavy atom. The summed E-state index contributed by atoms with van der Waals surface area (Å²) in [5, 5.41) is 15.4. The Kier molecular flexibility index (Phi) is 7.58. The molecular weight excluding hydrogens is 733 g/mol. The quantitative estimate of drug-likeness (QED) is 0.183. The lowest BCUT2D eigenvalue weighted by atomic mass is 9.94. The molecule has 1 aliphatic heterocycles. The van der Waals surface area contributed by atoms with Gasteiger partial charge in [-0.15, -0.1) is 22.7 Å². The molecule has 0 spiro atoms. The largest absolute Gasteiger partial charge is 0.350 e. The molecule has 7 aromatic carbocycles. The highest BCUT2D eigenvalue weighted by molar-refractivity contribution is 7.26. The molecule has 0 saturated carbocycles. The second-order valence-corrected chi connectivity index (χ2v) is 17.3. The molecule has 10 aromatic rings. The topological polar surface area (TPSA) is 41.4 Å². The van der Waals surface area contributed by atoms with Crippen LogP contribution in [0.15, 0.2) is 169 Å². The summed E-state index contributed by atoms with van der Waals surface area (Å²) in [4.78, 5) is 5.31. The first kappa shape index (κ1) is 32.9. The molecule has 0 bridgehead atoms. The van der Waals surface area contributed by atoms with Crippen LogP contribution in [0.4, 0.5) is 0 Å². The monoisotopic (exact) mass is 768 g/mol. The number of nitrogens with one attached hydrogen (secondary N) is 2. The molecular formula is C51H36N4S2. The molecule has 2 aliphatic rings. The molecule has 4 nitrogen and oxygen atoms in total. The third kappa shape index (κ3) is 5.40. The SMILES string of the molecule is C1=c2sc3ccc(-c4cccc5c4sc4cc(-n6c7ccccc7c7ccccc76)ccc45)cc3c2=CC(C2N=C(c3ccccc3)NC(c3ccccc3)N2)C1. The maximum atomic E-state index is 5.31. The van der Waals surface area contributed by atoms with Crippen LogP contribution in [-0.4, -0.2) is 16.6 Å². The maximum absolute atomic E-state index is 5.31. The minimum absolute atomic E-state index is 0.0376. The number of fused-ring (bicyclic) bond motifs is 9. The van der Waals surface area contributed by atoms with Crippen molar-refractivity contribution in [2.45, 2.75) is 18.8 Å². The van der Waals surface area contributed by atoms with Crippen molar-refractivity contribution in [2.24, 2.45) is 10.9 Å². The summed E-state index contributed by atoms with van der Waals surface area (Å²) in [5.41, 5.74) is 8.52. The maximum Gasteiger partial charge on any atom is 0.131 e. The molecule has 0 radical (unpaired) electrons. The zero-order chi connectivity index (χ0) is 37.5. The molecule has 3 unspecified atom stereocenters. The smallest absolute Gasteiger partial charge is 0.131 e. The van der Waals surface area contributed by atoms with E-state index >= 15 is 0 Å². The third-order valence-electron chi connectivity index (χ3n) is 11.8. The van der Waals surface area contributed by atoms with Gasteiger partial charge in [-0.25, -0.2) is 4.99 Å².